The number of hydrogen-bond donors (Lipinski definition) is 3. The number of phenols is 1. The van der Waals surface area contributed by atoms with Crippen LogP contribution in [0.25, 0.3) is 21.3 Å². The second kappa shape index (κ2) is 9.57. The maximum absolute atomic E-state index is 12.2. The van der Waals surface area contributed by atoms with Crippen molar-refractivity contribution in [2.24, 2.45) is 0 Å². The highest BCUT2D eigenvalue weighted by Gasteiger charge is 2.16. The number of rotatable bonds is 8. The molecule has 0 saturated heterocycles. The second-order valence-corrected chi connectivity index (χ2v) is 8.45. The Morgan fingerprint density at radius 3 is 2.58 bits per heavy atom. The SMILES string of the molecule is Cc1sc2ncnc(NCCC(=O)NCCc3ccc(O)cc3)c2c1-c1ccccc1. The lowest BCUT2D eigenvalue weighted by Crippen LogP contribution is -2.27. The van der Waals surface area contributed by atoms with Gasteiger partial charge in [-0.1, -0.05) is 42.5 Å². The zero-order chi connectivity index (χ0) is 21.6. The number of thiophene rings is 1. The Hall–Kier alpha value is -3.45. The molecule has 0 spiro atoms. The molecule has 6 nitrogen and oxygen atoms in total. The summed E-state index contributed by atoms with van der Waals surface area (Å²) in [7, 11) is 0. The van der Waals surface area contributed by atoms with Crippen molar-refractivity contribution in [3.8, 4) is 16.9 Å². The lowest BCUT2D eigenvalue weighted by Gasteiger charge is -2.09. The Bertz CT molecular complexity index is 1170. The molecule has 0 fully saturated rings. The van der Waals surface area contributed by atoms with Crippen molar-refractivity contribution < 1.29 is 9.90 Å². The number of hydrogen-bond acceptors (Lipinski definition) is 6. The lowest BCUT2D eigenvalue weighted by molar-refractivity contribution is -0.120. The van der Waals surface area contributed by atoms with E-state index in [0.717, 1.165) is 39.1 Å². The van der Waals surface area contributed by atoms with Gasteiger partial charge in [0, 0.05) is 30.0 Å². The summed E-state index contributed by atoms with van der Waals surface area (Å²) in [5.41, 5.74) is 3.35. The summed E-state index contributed by atoms with van der Waals surface area (Å²) in [5.74, 6) is 0.986. The van der Waals surface area contributed by atoms with Gasteiger partial charge >= 0.3 is 0 Å². The van der Waals surface area contributed by atoms with Crippen molar-refractivity contribution in [1.82, 2.24) is 15.3 Å². The first-order chi connectivity index (χ1) is 15.1. The van der Waals surface area contributed by atoms with Gasteiger partial charge in [-0.3, -0.25) is 4.79 Å². The van der Waals surface area contributed by atoms with E-state index in [4.69, 9.17) is 0 Å². The number of aromatic hydroxyl groups is 1. The number of amides is 1. The van der Waals surface area contributed by atoms with Crippen LogP contribution in [0.2, 0.25) is 0 Å². The predicted molar refractivity (Wildman–Crippen MR) is 126 cm³/mol. The summed E-state index contributed by atoms with van der Waals surface area (Å²) in [6.07, 6.45) is 2.64. The van der Waals surface area contributed by atoms with Crippen molar-refractivity contribution in [3.63, 3.8) is 0 Å². The molecule has 0 atom stereocenters. The Labute approximate surface area is 185 Å². The fourth-order valence-corrected chi connectivity index (χ4v) is 4.54. The third kappa shape index (κ3) is 5.00. The third-order valence-electron chi connectivity index (χ3n) is 5.04. The number of nitrogens with zero attached hydrogens (tertiary/aromatic N) is 2. The van der Waals surface area contributed by atoms with E-state index in [9.17, 15) is 9.90 Å². The van der Waals surface area contributed by atoms with Gasteiger partial charge in [0.1, 0.15) is 22.7 Å². The first kappa shape index (κ1) is 20.8. The van der Waals surface area contributed by atoms with Gasteiger partial charge in [0.25, 0.3) is 0 Å². The highest BCUT2D eigenvalue weighted by Crippen LogP contribution is 2.40. The summed E-state index contributed by atoms with van der Waals surface area (Å²) in [6, 6.07) is 17.3. The molecule has 158 valence electrons. The van der Waals surface area contributed by atoms with E-state index in [1.807, 2.05) is 30.3 Å². The van der Waals surface area contributed by atoms with Crippen molar-refractivity contribution in [2.45, 2.75) is 19.8 Å². The number of benzene rings is 2. The molecule has 4 rings (SSSR count). The number of carbonyl (C=O) groups is 1. The largest absolute Gasteiger partial charge is 0.508 e. The fourth-order valence-electron chi connectivity index (χ4n) is 3.52. The van der Waals surface area contributed by atoms with Crippen LogP contribution in [-0.4, -0.2) is 34.1 Å². The molecular weight excluding hydrogens is 408 g/mol. The molecule has 0 aliphatic carbocycles. The van der Waals surface area contributed by atoms with Gasteiger partial charge < -0.3 is 15.7 Å². The molecule has 0 unspecified atom stereocenters. The van der Waals surface area contributed by atoms with Gasteiger partial charge in [0.2, 0.25) is 5.91 Å². The number of fused-ring (bicyclic) bond motifs is 1. The van der Waals surface area contributed by atoms with Crippen LogP contribution in [0.1, 0.15) is 16.9 Å². The second-order valence-electron chi connectivity index (χ2n) is 7.24. The van der Waals surface area contributed by atoms with Crippen molar-refractivity contribution >= 4 is 33.3 Å². The molecule has 3 N–H and O–H groups in total. The molecule has 1 amide bonds. The maximum Gasteiger partial charge on any atom is 0.221 e. The average molecular weight is 433 g/mol. The Morgan fingerprint density at radius 1 is 1.03 bits per heavy atom. The number of nitrogens with one attached hydrogen (secondary N) is 2. The zero-order valence-corrected chi connectivity index (χ0v) is 18.1. The molecule has 0 saturated carbocycles. The summed E-state index contributed by atoms with van der Waals surface area (Å²) in [5, 5.41) is 16.6. The van der Waals surface area contributed by atoms with Crippen LogP contribution in [0.4, 0.5) is 5.82 Å². The van der Waals surface area contributed by atoms with Crippen LogP contribution >= 0.6 is 11.3 Å². The molecule has 0 aliphatic rings. The highest BCUT2D eigenvalue weighted by atomic mass is 32.1. The minimum Gasteiger partial charge on any atom is -0.508 e. The van der Waals surface area contributed by atoms with Gasteiger partial charge in [0.05, 0.1) is 5.39 Å². The summed E-state index contributed by atoms with van der Waals surface area (Å²) in [4.78, 5) is 23.2. The van der Waals surface area contributed by atoms with Crippen LogP contribution < -0.4 is 10.6 Å². The van der Waals surface area contributed by atoms with Gasteiger partial charge in [-0.15, -0.1) is 11.3 Å². The normalized spacial score (nSPS) is 10.9. The first-order valence-corrected chi connectivity index (χ1v) is 11.0. The Kier molecular flexibility index (Phi) is 6.43. The molecule has 4 aromatic rings. The topological polar surface area (TPSA) is 87.1 Å². The standard InChI is InChI=1S/C24H24N4O2S/c1-16-21(18-5-3-2-4-6-18)22-23(27-15-28-24(22)31-16)26-14-12-20(30)25-13-11-17-7-9-19(29)10-8-17/h2-10,15,29H,11-14H2,1H3,(H,25,30)(H,26,27,28). The van der Waals surface area contributed by atoms with Crippen LogP contribution in [0.15, 0.2) is 60.9 Å². The number of anilines is 1. The summed E-state index contributed by atoms with van der Waals surface area (Å²) in [6.45, 7) is 3.14. The molecule has 2 aromatic heterocycles. The first-order valence-electron chi connectivity index (χ1n) is 10.2. The summed E-state index contributed by atoms with van der Waals surface area (Å²) >= 11 is 1.65. The number of aryl methyl sites for hydroxylation is 1. The number of phenolic OH excluding ortho intramolecular Hbond substituents is 1. The molecular formula is C24H24N4O2S. The van der Waals surface area contributed by atoms with Crippen LogP contribution in [0, 0.1) is 6.92 Å². The average Bonchev–Trinajstić information content (AvgIpc) is 3.12. The smallest absolute Gasteiger partial charge is 0.221 e. The maximum atomic E-state index is 12.2. The zero-order valence-electron chi connectivity index (χ0n) is 17.3. The molecule has 0 bridgehead atoms. The van der Waals surface area contributed by atoms with E-state index >= 15 is 0 Å². The van der Waals surface area contributed by atoms with E-state index < -0.39 is 0 Å². The fraction of sp³-hybridized carbons (Fsp3) is 0.208. The van der Waals surface area contributed by atoms with E-state index in [-0.39, 0.29) is 11.7 Å². The number of aromatic nitrogens is 2. The van der Waals surface area contributed by atoms with E-state index in [1.54, 1.807) is 29.8 Å². The van der Waals surface area contributed by atoms with E-state index in [0.29, 0.717) is 19.5 Å². The van der Waals surface area contributed by atoms with Gasteiger partial charge in [-0.05, 0) is 36.6 Å². The minimum absolute atomic E-state index is 0.0126. The van der Waals surface area contributed by atoms with E-state index in [2.05, 4.69) is 39.7 Å². The molecule has 2 aromatic carbocycles. The van der Waals surface area contributed by atoms with E-state index in [1.165, 1.54) is 4.88 Å². The molecule has 0 radical (unpaired) electrons. The van der Waals surface area contributed by atoms with Crippen molar-refractivity contribution in [2.75, 3.05) is 18.4 Å². The molecule has 2 heterocycles. The van der Waals surface area contributed by atoms with Crippen LogP contribution in [0.3, 0.4) is 0 Å². The van der Waals surface area contributed by atoms with Crippen molar-refractivity contribution in [1.29, 1.82) is 0 Å². The van der Waals surface area contributed by atoms with Crippen LogP contribution in [0.5, 0.6) is 5.75 Å². The summed E-state index contributed by atoms with van der Waals surface area (Å²) < 4.78 is 0. The quantitative estimate of drug-likeness (QED) is 0.381. The van der Waals surface area contributed by atoms with Gasteiger partial charge in [-0.25, -0.2) is 9.97 Å². The minimum atomic E-state index is -0.0126. The third-order valence-corrected chi connectivity index (χ3v) is 6.06. The van der Waals surface area contributed by atoms with Gasteiger partial charge in [-0.2, -0.15) is 0 Å². The highest BCUT2D eigenvalue weighted by molar-refractivity contribution is 7.19. The lowest BCUT2D eigenvalue weighted by atomic mass is 10.0. The monoisotopic (exact) mass is 432 g/mol. The number of carbonyl (C=O) groups excluding carboxylic acids is 1. The Morgan fingerprint density at radius 2 is 1.81 bits per heavy atom. The molecule has 7 heteroatoms. The molecule has 0 aliphatic heterocycles. The Balaban J connectivity index is 1.37. The van der Waals surface area contributed by atoms with Gasteiger partial charge in [0.15, 0.2) is 0 Å². The van der Waals surface area contributed by atoms with Crippen LogP contribution in [-0.2, 0) is 11.2 Å². The molecule has 31 heavy (non-hydrogen) atoms. The van der Waals surface area contributed by atoms with Crippen molar-refractivity contribution in [3.05, 3.63) is 71.4 Å². The predicted octanol–water partition coefficient (Wildman–Crippen LogP) is 4.53.